The van der Waals surface area contributed by atoms with Crippen molar-refractivity contribution in [3.63, 3.8) is 0 Å². The maximum Gasteiger partial charge on any atom is 0.277 e. The molecule has 1 saturated heterocycles. The van der Waals surface area contributed by atoms with Crippen LogP contribution < -0.4 is 10.3 Å². The maximum atomic E-state index is 12.7. The summed E-state index contributed by atoms with van der Waals surface area (Å²) in [5.41, 5.74) is 3.50. The van der Waals surface area contributed by atoms with Crippen LogP contribution in [0.15, 0.2) is 71.7 Å². The predicted octanol–water partition coefficient (Wildman–Crippen LogP) is 2.58. The third-order valence-electron chi connectivity index (χ3n) is 6.78. The zero-order chi connectivity index (χ0) is 25.1. The van der Waals surface area contributed by atoms with Crippen LogP contribution in [0, 0.1) is 5.92 Å². The van der Waals surface area contributed by atoms with Crippen molar-refractivity contribution in [3.8, 4) is 17.0 Å². The Morgan fingerprint density at radius 3 is 2.53 bits per heavy atom. The summed E-state index contributed by atoms with van der Waals surface area (Å²) in [6, 6.07) is 19.1. The summed E-state index contributed by atoms with van der Waals surface area (Å²) in [6.07, 6.45) is 0.939. The van der Waals surface area contributed by atoms with Gasteiger partial charge in [0, 0.05) is 30.3 Å². The summed E-state index contributed by atoms with van der Waals surface area (Å²) in [7, 11) is 1.59. The molecule has 186 valence electrons. The Morgan fingerprint density at radius 1 is 1.00 bits per heavy atom. The van der Waals surface area contributed by atoms with Gasteiger partial charge in [-0.1, -0.05) is 41.6 Å². The number of hydrogen-bond acceptors (Lipinski definition) is 8. The van der Waals surface area contributed by atoms with Crippen molar-refractivity contribution in [2.75, 3.05) is 7.11 Å². The standard InChI is InChI=1S/C27H28N4O5/c1-35-24-13-11-19(16-28-24)18-9-6-17(7-10-18)8-12-23-21(25(32)27(34)36-23)14-15-31-26(33)20-4-2-3-5-22(20)29-30-31/h2-7,9-11,13,16,21,23,25,27,32,34H,8,12,14-15H2,1H3. The Kier molecular flexibility index (Phi) is 7.04. The summed E-state index contributed by atoms with van der Waals surface area (Å²) in [6.45, 7) is 0.273. The monoisotopic (exact) mass is 488 g/mol. The summed E-state index contributed by atoms with van der Waals surface area (Å²) < 4.78 is 12.1. The van der Waals surface area contributed by atoms with Crippen LogP contribution in [-0.2, 0) is 17.7 Å². The topological polar surface area (TPSA) is 120 Å². The molecule has 36 heavy (non-hydrogen) atoms. The van der Waals surface area contributed by atoms with Crippen molar-refractivity contribution < 1.29 is 19.7 Å². The lowest BCUT2D eigenvalue weighted by atomic mass is 9.90. The molecule has 4 unspecified atom stereocenters. The quantitative estimate of drug-likeness (QED) is 0.388. The number of pyridine rings is 1. The van der Waals surface area contributed by atoms with E-state index in [2.05, 4.69) is 27.4 Å². The van der Waals surface area contributed by atoms with Crippen molar-refractivity contribution in [2.24, 2.45) is 5.92 Å². The molecule has 0 amide bonds. The first-order valence-electron chi connectivity index (χ1n) is 12.0. The number of rotatable bonds is 8. The lowest BCUT2D eigenvalue weighted by molar-refractivity contribution is -0.127. The molecule has 4 aromatic rings. The fourth-order valence-electron chi connectivity index (χ4n) is 4.72. The molecule has 2 N–H and O–H groups in total. The summed E-state index contributed by atoms with van der Waals surface area (Å²) in [5.74, 6) is 0.244. The first kappa shape index (κ1) is 24.1. The van der Waals surface area contributed by atoms with Gasteiger partial charge in [-0.05, 0) is 48.6 Å². The zero-order valence-electron chi connectivity index (χ0n) is 19.9. The van der Waals surface area contributed by atoms with Gasteiger partial charge in [0.15, 0.2) is 6.29 Å². The molecule has 9 heteroatoms. The summed E-state index contributed by atoms with van der Waals surface area (Å²) in [5, 5.41) is 29.3. The Labute approximate surface area is 208 Å². The Morgan fingerprint density at radius 2 is 1.78 bits per heavy atom. The number of benzene rings is 2. The van der Waals surface area contributed by atoms with Crippen molar-refractivity contribution in [3.05, 3.63) is 82.8 Å². The number of methoxy groups -OCH3 is 1. The number of hydrogen-bond donors (Lipinski definition) is 2. The minimum atomic E-state index is -1.25. The van der Waals surface area contributed by atoms with E-state index in [4.69, 9.17) is 9.47 Å². The second-order valence-electron chi connectivity index (χ2n) is 8.97. The molecule has 1 aliphatic rings. The van der Waals surface area contributed by atoms with E-state index in [0.717, 1.165) is 23.1 Å². The average molecular weight is 489 g/mol. The van der Waals surface area contributed by atoms with E-state index in [0.29, 0.717) is 29.6 Å². The van der Waals surface area contributed by atoms with Crippen molar-refractivity contribution in [2.45, 2.75) is 44.3 Å². The van der Waals surface area contributed by atoms with E-state index in [9.17, 15) is 15.0 Å². The zero-order valence-corrected chi connectivity index (χ0v) is 19.9. The van der Waals surface area contributed by atoms with Gasteiger partial charge in [-0.15, -0.1) is 5.10 Å². The van der Waals surface area contributed by atoms with Crippen LogP contribution in [0.4, 0.5) is 0 Å². The van der Waals surface area contributed by atoms with E-state index in [1.807, 2.05) is 30.3 Å². The van der Waals surface area contributed by atoms with Gasteiger partial charge < -0.3 is 19.7 Å². The highest BCUT2D eigenvalue weighted by Gasteiger charge is 2.42. The van der Waals surface area contributed by atoms with Crippen LogP contribution in [0.2, 0.25) is 0 Å². The molecule has 9 nitrogen and oxygen atoms in total. The van der Waals surface area contributed by atoms with Crippen LogP contribution in [0.3, 0.4) is 0 Å². The molecule has 3 heterocycles. The molecule has 0 spiro atoms. The van der Waals surface area contributed by atoms with Crippen LogP contribution in [0.1, 0.15) is 18.4 Å². The first-order chi connectivity index (χ1) is 17.5. The molecule has 4 atom stereocenters. The smallest absolute Gasteiger partial charge is 0.277 e. The van der Waals surface area contributed by atoms with Gasteiger partial charge in [0.1, 0.15) is 11.6 Å². The van der Waals surface area contributed by atoms with Crippen molar-refractivity contribution in [1.29, 1.82) is 0 Å². The lowest BCUT2D eigenvalue weighted by Crippen LogP contribution is -2.31. The van der Waals surface area contributed by atoms with Gasteiger partial charge in [-0.3, -0.25) is 4.79 Å². The first-order valence-corrected chi connectivity index (χ1v) is 12.0. The van der Waals surface area contributed by atoms with E-state index >= 15 is 0 Å². The van der Waals surface area contributed by atoms with Crippen LogP contribution in [0.25, 0.3) is 22.0 Å². The Balaban J connectivity index is 1.22. The number of nitrogens with zero attached hydrogens (tertiary/aromatic N) is 4. The average Bonchev–Trinajstić information content (AvgIpc) is 3.19. The van der Waals surface area contributed by atoms with Crippen LogP contribution in [0.5, 0.6) is 5.88 Å². The van der Waals surface area contributed by atoms with Gasteiger partial charge in [-0.2, -0.15) is 0 Å². The minimum absolute atomic E-state index is 0.224. The van der Waals surface area contributed by atoms with Gasteiger partial charge in [-0.25, -0.2) is 9.67 Å². The van der Waals surface area contributed by atoms with Gasteiger partial charge in [0.25, 0.3) is 5.56 Å². The third kappa shape index (κ3) is 4.99. The molecule has 0 aliphatic carbocycles. The van der Waals surface area contributed by atoms with E-state index in [1.54, 1.807) is 31.5 Å². The molecule has 0 bridgehead atoms. The SMILES string of the molecule is COc1ccc(-c2ccc(CCC3OC(O)C(O)C3CCn3nnc4ccccc4c3=O)cc2)cn1. The van der Waals surface area contributed by atoms with E-state index < -0.39 is 12.4 Å². The molecule has 2 aromatic heterocycles. The summed E-state index contributed by atoms with van der Waals surface area (Å²) in [4.78, 5) is 17.0. The highest BCUT2D eigenvalue weighted by molar-refractivity contribution is 5.76. The normalized spacial score (nSPS) is 21.6. The molecule has 0 radical (unpaired) electrons. The number of aliphatic hydroxyl groups excluding tert-OH is 2. The van der Waals surface area contributed by atoms with Crippen molar-refractivity contribution in [1.82, 2.24) is 20.0 Å². The Bertz CT molecular complexity index is 1370. The second kappa shape index (κ2) is 10.5. The molecular formula is C27H28N4O5. The summed E-state index contributed by atoms with van der Waals surface area (Å²) >= 11 is 0. The molecule has 1 aliphatic heterocycles. The minimum Gasteiger partial charge on any atom is -0.481 e. The maximum absolute atomic E-state index is 12.7. The molecule has 0 saturated carbocycles. The van der Waals surface area contributed by atoms with Crippen molar-refractivity contribution >= 4 is 10.9 Å². The number of aryl methyl sites for hydroxylation is 2. The Hall–Kier alpha value is -3.66. The fraction of sp³-hybridized carbons (Fsp3) is 0.333. The predicted molar refractivity (Wildman–Crippen MR) is 133 cm³/mol. The second-order valence-corrected chi connectivity index (χ2v) is 8.97. The highest BCUT2D eigenvalue weighted by Crippen LogP contribution is 2.32. The van der Waals surface area contributed by atoms with Gasteiger partial charge >= 0.3 is 0 Å². The van der Waals surface area contributed by atoms with Crippen LogP contribution in [-0.4, -0.2) is 55.8 Å². The molecule has 2 aromatic carbocycles. The van der Waals surface area contributed by atoms with E-state index in [1.165, 1.54) is 4.68 Å². The number of aliphatic hydroxyl groups is 2. The highest BCUT2D eigenvalue weighted by atomic mass is 16.6. The fourth-order valence-corrected chi connectivity index (χ4v) is 4.72. The number of aromatic nitrogens is 4. The lowest BCUT2D eigenvalue weighted by Gasteiger charge is -2.20. The number of fused-ring (bicyclic) bond motifs is 1. The molecule has 1 fully saturated rings. The van der Waals surface area contributed by atoms with E-state index in [-0.39, 0.29) is 24.1 Å². The third-order valence-corrected chi connectivity index (χ3v) is 6.78. The largest absolute Gasteiger partial charge is 0.481 e. The van der Waals surface area contributed by atoms with Crippen LogP contribution >= 0.6 is 0 Å². The number of ether oxygens (including phenoxy) is 2. The molecular weight excluding hydrogens is 460 g/mol. The van der Waals surface area contributed by atoms with Gasteiger partial charge in [0.05, 0.1) is 18.6 Å². The van der Waals surface area contributed by atoms with Gasteiger partial charge in [0.2, 0.25) is 5.88 Å². The molecule has 5 rings (SSSR count).